The molecule has 0 saturated heterocycles. The first-order valence-corrected chi connectivity index (χ1v) is 8.85. The van der Waals surface area contributed by atoms with Gasteiger partial charge in [0.25, 0.3) is 0 Å². The molecule has 3 heteroatoms. The molecule has 0 saturated carbocycles. The number of fused-ring (bicyclic) bond motifs is 3. The summed E-state index contributed by atoms with van der Waals surface area (Å²) in [4.78, 5) is 12.2. The molecule has 0 atom stereocenters. The fourth-order valence-corrected chi connectivity index (χ4v) is 3.18. The van der Waals surface area contributed by atoms with Gasteiger partial charge in [0.15, 0.2) is 0 Å². The molecule has 1 aromatic heterocycles. The Hall–Kier alpha value is -2.29. The highest BCUT2D eigenvalue weighted by molar-refractivity contribution is 6.04. The summed E-state index contributed by atoms with van der Waals surface area (Å²) in [6.45, 7) is 4.79. The summed E-state index contributed by atoms with van der Waals surface area (Å²) >= 11 is 0. The Morgan fingerprint density at radius 2 is 1.75 bits per heavy atom. The summed E-state index contributed by atoms with van der Waals surface area (Å²) < 4.78 is 11.3. The van der Waals surface area contributed by atoms with Crippen LogP contribution in [0.15, 0.2) is 45.6 Å². The lowest BCUT2D eigenvalue weighted by Gasteiger charge is -2.12. The zero-order valence-corrected chi connectivity index (χ0v) is 14.4. The Balaban J connectivity index is 2.11. The molecule has 0 radical (unpaired) electrons. The van der Waals surface area contributed by atoms with Crippen LogP contribution in [0.5, 0.6) is 5.75 Å². The minimum absolute atomic E-state index is 0.295. The summed E-state index contributed by atoms with van der Waals surface area (Å²) in [5.74, 6) is 0.833. The molecule has 3 nitrogen and oxygen atoms in total. The molecule has 3 rings (SSSR count). The minimum atomic E-state index is -0.295. The third-order valence-electron chi connectivity index (χ3n) is 4.40. The van der Waals surface area contributed by atoms with E-state index in [4.69, 9.17) is 9.15 Å². The Morgan fingerprint density at radius 1 is 0.958 bits per heavy atom. The number of benzene rings is 2. The zero-order valence-electron chi connectivity index (χ0n) is 14.4. The molecule has 0 fully saturated rings. The molecule has 0 bridgehead atoms. The molecule has 3 aromatic rings. The predicted octanol–water partition coefficient (Wildman–Crippen LogP) is 5.47. The fraction of sp³-hybridized carbons (Fsp3) is 0.381. The van der Waals surface area contributed by atoms with Crippen molar-refractivity contribution >= 4 is 21.7 Å². The number of unbranched alkanes of at least 4 members (excludes halogenated alkanes) is 3. The van der Waals surface area contributed by atoms with Gasteiger partial charge in [-0.1, -0.05) is 44.4 Å². The summed E-state index contributed by atoms with van der Waals surface area (Å²) in [7, 11) is 0. The van der Waals surface area contributed by atoms with Crippen LogP contribution in [0.3, 0.4) is 0 Å². The summed E-state index contributed by atoms with van der Waals surface area (Å²) in [6.07, 6.45) is 5.85. The highest BCUT2D eigenvalue weighted by Crippen LogP contribution is 2.31. The molecule has 2 aromatic carbocycles. The summed E-state index contributed by atoms with van der Waals surface area (Å²) in [5.41, 5.74) is 1.50. The molecule has 0 aliphatic carbocycles. The maximum Gasteiger partial charge on any atom is 0.344 e. The standard InChI is InChI=1S/C21H24O3/c1-3-5-6-7-10-15-13-18-16-11-8-9-12-17(16)21(22)24-20(18)14-19(15)23-4-2/h8-9,11-14H,3-7,10H2,1-2H3. The molecular weight excluding hydrogens is 300 g/mol. The third kappa shape index (κ3) is 3.30. The molecule has 126 valence electrons. The van der Waals surface area contributed by atoms with E-state index in [2.05, 4.69) is 13.0 Å². The predicted molar refractivity (Wildman–Crippen MR) is 99.0 cm³/mol. The van der Waals surface area contributed by atoms with Crippen molar-refractivity contribution in [1.29, 1.82) is 0 Å². The van der Waals surface area contributed by atoms with E-state index >= 15 is 0 Å². The van der Waals surface area contributed by atoms with Crippen LogP contribution in [0, 0.1) is 0 Å². The first kappa shape index (κ1) is 16.6. The van der Waals surface area contributed by atoms with Gasteiger partial charge in [0, 0.05) is 11.5 Å². The van der Waals surface area contributed by atoms with E-state index in [1.807, 2.05) is 37.3 Å². The minimum Gasteiger partial charge on any atom is -0.493 e. The number of rotatable bonds is 7. The van der Waals surface area contributed by atoms with Gasteiger partial charge in [0.05, 0.1) is 12.0 Å². The zero-order chi connectivity index (χ0) is 16.9. The average Bonchev–Trinajstić information content (AvgIpc) is 2.60. The Morgan fingerprint density at radius 3 is 2.50 bits per heavy atom. The largest absolute Gasteiger partial charge is 0.493 e. The van der Waals surface area contributed by atoms with Gasteiger partial charge >= 0.3 is 5.63 Å². The molecule has 0 amide bonds. The summed E-state index contributed by atoms with van der Waals surface area (Å²) in [6, 6.07) is 11.6. The molecule has 0 aliphatic heterocycles. The van der Waals surface area contributed by atoms with Crippen LogP contribution in [0.2, 0.25) is 0 Å². The SMILES string of the molecule is CCCCCCc1cc2c(cc1OCC)oc(=O)c1ccccc12. The van der Waals surface area contributed by atoms with E-state index in [1.165, 1.54) is 24.8 Å². The van der Waals surface area contributed by atoms with Crippen molar-refractivity contribution in [3.05, 3.63) is 52.4 Å². The number of hydrogen-bond acceptors (Lipinski definition) is 3. The lowest BCUT2D eigenvalue weighted by molar-refractivity contribution is 0.336. The van der Waals surface area contributed by atoms with Crippen LogP contribution < -0.4 is 10.4 Å². The molecule has 0 unspecified atom stereocenters. The Labute approximate surface area is 142 Å². The van der Waals surface area contributed by atoms with Gasteiger partial charge in [0.1, 0.15) is 11.3 Å². The lowest BCUT2D eigenvalue weighted by atomic mass is 10.0. The third-order valence-corrected chi connectivity index (χ3v) is 4.40. The van der Waals surface area contributed by atoms with E-state index in [9.17, 15) is 4.79 Å². The van der Waals surface area contributed by atoms with E-state index in [1.54, 1.807) is 0 Å². The van der Waals surface area contributed by atoms with E-state index in [0.29, 0.717) is 17.6 Å². The van der Waals surface area contributed by atoms with Crippen molar-refractivity contribution in [2.75, 3.05) is 6.61 Å². The van der Waals surface area contributed by atoms with Gasteiger partial charge in [-0.25, -0.2) is 4.79 Å². The van der Waals surface area contributed by atoms with E-state index in [0.717, 1.165) is 29.4 Å². The maximum absolute atomic E-state index is 12.2. The quantitative estimate of drug-likeness (QED) is 0.329. The lowest BCUT2D eigenvalue weighted by Crippen LogP contribution is -2.02. The van der Waals surface area contributed by atoms with Gasteiger partial charge in [-0.3, -0.25) is 0 Å². The van der Waals surface area contributed by atoms with Gasteiger partial charge in [0.2, 0.25) is 0 Å². The molecule has 24 heavy (non-hydrogen) atoms. The average molecular weight is 324 g/mol. The van der Waals surface area contributed by atoms with Crippen molar-refractivity contribution in [2.45, 2.75) is 46.0 Å². The van der Waals surface area contributed by atoms with Crippen LogP contribution >= 0.6 is 0 Å². The maximum atomic E-state index is 12.2. The fourth-order valence-electron chi connectivity index (χ4n) is 3.18. The van der Waals surface area contributed by atoms with Gasteiger partial charge in [-0.05, 0) is 42.8 Å². The molecule has 0 aliphatic rings. The number of ether oxygens (including phenoxy) is 1. The van der Waals surface area contributed by atoms with Crippen molar-refractivity contribution in [1.82, 2.24) is 0 Å². The van der Waals surface area contributed by atoms with Crippen LogP contribution in [-0.4, -0.2) is 6.61 Å². The van der Waals surface area contributed by atoms with Gasteiger partial charge in [-0.15, -0.1) is 0 Å². The first-order chi connectivity index (χ1) is 11.7. The highest BCUT2D eigenvalue weighted by atomic mass is 16.5. The van der Waals surface area contributed by atoms with Gasteiger partial charge < -0.3 is 9.15 Å². The summed E-state index contributed by atoms with van der Waals surface area (Å²) in [5, 5.41) is 2.56. The van der Waals surface area contributed by atoms with E-state index in [-0.39, 0.29) is 5.63 Å². The number of hydrogen-bond donors (Lipinski definition) is 0. The van der Waals surface area contributed by atoms with Crippen LogP contribution in [-0.2, 0) is 6.42 Å². The van der Waals surface area contributed by atoms with Crippen molar-refractivity contribution in [3.8, 4) is 5.75 Å². The second-order valence-corrected chi connectivity index (χ2v) is 6.13. The number of aryl methyl sites for hydroxylation is 1. The van der Waals surface area contributed by atoms with Crippen molar-refractivity contribution in [2.24, 2.45) is 0 Å². The van der Waals surface area contributed by atoms with Crippen LogP contribution in [0.1, 0.15) is 45.1 Å². The molecule has 0 spiro atoms. The Bertz CT molecular complexity index is 893. The van der Waals surface area contributed by atoms with Gasteiger partial charge in [-0.2, -0.15) is 0 Å². The van der Waals surface area contributed by atoms with E-state index < -0.39 is 0 Å². The molecular formula is C21H24O3. The highest BCUT2D eigenvalue weighted by Gasteiger charge is 2.12. The van der Waals surface area contributed by atoms with Crippen molar-refractivity contribution < 1.29 is 9.15 Å². The first-order valence-electron chi connectivity index (χ1n) is 8.85. The second-order valence-electron chi connectivity index (χ2n) is 6.13. The normalized spacial score (nSPS) is 11.2. The topological polar surface area (TPSA) is 39.4 Å². The molecule has 0 N–H and O–H groups in total. The van der Waals surface area contributed by atoms with Crippen LogP contribution in [0.25, 0.3) is 21.7 Å². The van der Waals surface area contributed by atoms with Crippen LogP contribution in [0.4, 0.5) is 0 Å². The smallest absolute Gasteiger partial charge is 0.344 e. The molecule has 1 heterocycles. The monoisotopic (exact) mass is 324 g/mol. The van der Waals surface area contributed by atoms with Crippen molar-refractivity contribution in [3.63, 3.8) is 0 Å². The Kier molecular flexibility index (Phi) is 5.19. The second kappa shape index (κ2) is 7.52.